The number of carbonyl (C=O) groups excluding carboxylic acids is 3. The first-order valence-electron chi connectivity index (χ1n) is 9.82. The van der Waals surface area contributed by atoms with Gasteiger partial charge in [-0.15, -0.1) is 0 Å². The highest BCUT2D eigenvalue weighted by atomic mass is 16.5. The van der Waals surface area contributed by atoms with Crippen LogP contribution in [0.15, 0.2) is 48.5 Å². The van der Waals surface area contributed by atoms with Crippen LogP contribution in [0.25, 0.3) is 0 Å². The minimum Gasteiger partial charge on any atom is -0.452 e. The molecule has 30 heavy (non-hydrogen) atoms. The van der Waals surface area contributed by atoms with Gasteiger partial charge < -0.3 is 15.0 Å². The summed E-state index contributed by atoms with van der Waals surface area (Å²) in [5, 5.41) is 11.5. The van der Waals surface area contributed by atoms with E-state index in [4.69, 9.17) is 10.00 Å². The molecule has 0 spiro atoms. The van der Waals surface area contributed by atoms with E-state index < -0.39 is 23.9 Å². The zero-order valence-electron chi connectivity index (χ0n) is 16.9. The molecule has 0 unspecified atom stereocenters. The van der Waals surface area contributed by atoms with E-state index in [9.17, 15) is 14.4 Å². The summed E-state index contributed by atoms with van der Waals surface area (Å²) in [6, 6.07) is 16.0. The lowest BCUT2D eigenvalue weighted by Gasteiger charge is -2.18. The first-order valence-corrected chi connectivity index (χ1v) is 9.82. The summed E-state index contributed by atoms with van der Waals surface area (Å²) in [5.41, 5.74) is 2.90. The van der Waals surface area contributed by atoms with Crippen molar-refractivity contribution in [3.05, 3.63) is 59.7 Å². The second-order valence-corrected chi connectivity index (χ2v) is 7.18. The van der Waals surface area contributed by atoms with Crippen LogP contribution in [0.3, 0.4) is 0 Å². The predicted molar refractivity (Wildman–Crippen MR) is 112 cm³/mol. The molecule has 0 radical (unpaired) electrons. The minimum atomic E-state index is -1.01. The second kappa shape index (κ2) is 9.23. The molecule has 0 bridgehead atoms. The van der Waals surface area contributed by atoms with Crippen LogP contribution < -0.4 is 10.2 Å². The first-order chi connectivity index (χ1) is 14.4. The fraction of sp³-hybridized carbons (Fsp3) is 0.304. The fourth-order valence-electron chi connectivity index (χ4n) is 3.22. The maximum atomic E-state index is 12.5. The first kappa shape index (κ1) is 21.1. The standard InChI is InChI=1S/C23H23N3O4/c1-3-16-6-10-20(11-7-16)26-14-18(12-21(26)27)23(29)30-15(2)22(28)25-19-8-4-17(13-24)5-9-19/h4-11,15,18H,3,12,14H2,1-2H3,(H,25,28)/t15-,18-/m0/s1. The number of aryl methyl sites for hydroxylation is 1. The summed E-state index contributed by atoms with van der Waals surface area (Å²) in [4.78, 5) is 38.7. The Morgan fingerprint density at radius 3 is 2.47 bits per heavy atom. The molecule has 3 rings (SSSR count). The van der Waals surface area contributed by atoms with E-state index >= 15 is 0 Å². The van der Waals surface area contributed by atoms with Crippen molar-refractivity contribution in [3.8, 4) is 6.07 Å². The smallest absolute Gasteiger partial charge is 0.312 e. The molecule has 2 amide bonds. The van der Waals surface area contributed by atoms with Crippen LogP contribution in [0.1, 0.15) is 31.4 Å². The van der Waals surface area contributed by atoms with Gasteiger partial charge in [0.1, 0.15) is 0 Å². The van der Waals surface area contributed by atoms with E-state index in [2.05, 4.69) is 12.2 Å². The summed E-state index contributed by atoms with van der Waals surface area (Å²) in [7, 11) is 0. The number of nitriles is 1. The van der Waals surface area contributed by atoms with Crippen LogP contribution in [0.2, 0.25) is 0 Å². The Kier molecular flexibility index (Phi) is 6.48. The third-order valence-corrected chi connectivity index (χ3v) is 5.06. The predicted octanol–water partition coefficient (Wildman–Crippen LogP) is 3.04. The van der Waals surface area contributed by atoms with E-state index in [-0.39, 0.29) is 18.9 Å². The summed E-state index contributed by atoms with van der Waals surface area (Å²) >= 11 is 0. The number of nitrogens with zero attached hydrogens (tertiary/aromatic N) is 2. The molecule has 7 heteroatoms. The van der Waals surface area contributed by atoms with E-state index in [1.165, 1.54) is 12.5 Å². The fourth-order valence-corrected chi connectivity index (χ4v) is 3.22. The number of esters is 1. The highest BCUT2D eigenvalue weighted by molar-refractivity contribution is 6.00. The normalized spacial score (nSPS) is 16.6. The van der Waals surface area contributed by atoms with Gasteiger partial charge >= 0.3 is 5.97 Å². The van der Waals surface area contributed by atoms with Gasteiger partial charge in [-0.05, 0) is 55.3 Å². The molecule has 7 nitrogen and oxygen atoms in total. The molecule has 0 aliphatic carbocycles. The summed E-state index contributed by atoms with van der Waals surface area (Å²) < 4.78 is 5.30. The van der Waals surface area contributed by atoms with Crippen LogP contribution >= 0.6 is 0 Å². The van der Waals surface area contributed by atoms with Crippen molar-refractivity contribution in [2.45, 2.75) is 32.8 Å². The molecule has 2 atom stereocenters. The lowest BCUT2D eigenvalue weighted by molar-refractivity contribution is -0.157. The minimum absolute atomic E-state index is 0.0539. The van der Waals surface area contributed by atoms with E-state index in [1.54, 1.807) is 29.2 Å². The van der Waals surface area contributed by atoms with Crippen molar-refractivity contribution in [2.24, 2.45) is 5.92 Å². The number of anilines is 2. The number of rotatable bonds is 6. The van der Waals surface area contributed by atoms with Gasteiger partial charge in [0.15, 0.2) is 6.10 Å². The van der Waals surface area contributed by atoms with Gasteiger partial charge in [0, 0.05) is 24.3 Å². The van der Waals surface area contributed by atoms with Crippen LogP contribution in [0, 0.1) is 17.2 Å². The summed E-state index contributed by atoms with van der Waals surface area (Å²) in [6.45, 7) is 3.77. The number of ether oxygens (including phenoxy) is 1. The number of carbonyl (C=O) groups is 3. The Balaban J connectivity index is 1.56. The lowest BCUT2D eigenvalue weighted by Crippen LogP contribution is -2.33. The van der Waals surface area contributed by atoms with Crippen molar-refractivity contribution in [3.63, 3.8) is 0 Å². The molecule has 154 valence electrons. The Labute approximate surface area is 175 Å². The average Bonchev–Trinajstić information content (AvgIpc) is 3.16. The molecule has 1 saturated heterocycles. The van der Waals surface area contributed by atoms with Gasteiger partial charge in [-0.3, -0.25) is 14.4 Å². The van der Waals surface area contributed by atoms with Crippen molar-refractivity contribution in [1.29, 1.82) is 5.26 Å². The molecule has 1 heterocycles. The van der Waals surface area contributed by atoms with Crippen molar-refractivity contribution >= 4 is 29.2 Å². The number of hydrogen-bond acceptors (Lipinski definition) is 5. The summed E-state index contributed by atoms with van der Waals surface area (Å²) in [5.74, 6) is -1.81. The second-order valence-electron chi connectivity index (χ2n) is 7.18. The number of nitrogens with one attached hydrogen (secondary N) is 1. The maximum absolute atomic E-state index is 12.5. The van der Waals surface area contributed by atoms with Crippen LogP contribution in [-0.2, 0) is 25.5 Å². The van der Waals surface area contributed by atoms with Gasteiger partial charge in [-0.2, -0.15) is 5.26 Å². The molecule has 0 aromatic heterocycles. The average molecular weight is 405 g/mol. The van der Waals surface area contributed by atoms with Crippen molar-refractivity contribution in [1.82, 2.24) is 0 Å². The monoisotopic (exact) mass is 405 g/mol. The van der Waals surface area contributed by atoms with Crippen LogP contribution in [-0.4, -0.2) is 30.4 Å². The van der Waals surface area contributed by atoms with E-state index in [1.807, 2.05) is 30.3 Å². The molecule has 1 aliphatic rings. The topological polar surface area (TPSA) is 99.5 Å². The van der Waals surface area contributed by atoms with Crippen LogP contribution in [0.4, 0.5) is 11.4 Å². The maximum Gasteiger partial charge on any atom is 0.312 e. The number of hydrogen-bond donors (Lipinski definition) is 1. The van der Waals surface area contributed by atoms with Gasteiger partial charge in [-0.25, -0.2) is 0 Å². The largest absolute Gasteiger partial charge is 0.452 e. The zero-order valence-corrected chi connectivity index (χ0v) is 16.9. The Bertz CT molecular complexity index is 977. The lowest BCUT2D eigenvalue weighted by atomic mass is 10.1. The van der Waals surface area contributed by atoms with Crippen molar-refractivity contribution < 1.29 is 19.1 Å². The van der Waals surface area contributed by atoms with E-state index in [0.29, 0.717) is 11.3 Å². The third-order valence-electron chi connectivity index (χ3n) is 5.06. The zero-order chi connectivity index (χ0) is 21.7. The SMILES string of the molecule is CCc1ccc(N2C[C@@H](C(=O)O[C@@H](C)C(=O)Nc3ccc(C#N)cc3)CC2=O)cc1. The van der Waals surface area contributed by atoms with Gasteiger partial charge in [0.2, 0.25) is 5.91 Å². The van der Waals surface area contributed by atoms with Crippen LogP contribution in [0.5, 0.6) is 0 Å². The number of benzene rings is 2. The molecule has 0 saturated carbocycles. The molecule has 1 N–H and O–H groups in total. The Morgan fingerprint density at radius 1 is 1.20 bits per heavy atom. The number of amides is 2. The molecular weight excluding hydrogens is 382 g/mol. The van der Waals surface area contributed by atoms with Crippen molar-refractivity contribution in [2.75, 3.05) is 16.8 Å². The quantitative estimate of drug-likeness (QED) is 0.745. The molecule has 1 aliphatic heterocycles. The molecule has 2 aromatic carbocycles. The Morgan fingerprint density at radius 2 is 1.87 bits per heavy atom. The van der Waals surface area contributed by atoms with E-state index in [0.717, 1.165) is 12.1 Å². The van der Waals surface area contributed by atoms with Gasteiger partial charge in [0.05, 0.1) is 17.6 Å². The molecular formula is C23H23N3O4. The summed E-state index contributed by atoms with van der Waals surface area (Å²) in [6.07, 6.45) is -0.0506. The third kappa shape index (κ3) is 4.84. The Hall–Kier alpha value is -3.66. The highest BCUT2D eigenvalue weighted by Gasteiger charge is 2.37. The highest BCUT2D eigenvalue weighted by Crippen LogP contribution is 2.26. The molecule has 2 aromatic rings. The van der Waals surface area contributed by atoms with Gasteiger partial charge in [-0.1, -0.05) is 19.1 Å². The molecule has 1 fully saturated rings. The van der Waals surface area contributed by atoms with Gasteiger partial charge in [0.25, 0.3) is 5.91 Å².